The molecule has 0 saturated carbocycles. The number of nitrogens with zero attached hydrogens (tertiary/aromatic N) is 2. The molecule has 10 heteroatoms. The van der Waals surface area contributed by atoms with E-state index in [1.54, 1.807) is 48.5 Å². The number of para-hydroxylation sites is 1. The van der Waals surface area contributed by atoms with Crippen LogP contribution in [-0.2, 0) is 10.0 Å². The van der Waals surface area contributed by atoms with Crippen LogP contribution >= 0.6 is 11.6 Å². The number of anilines is 2. The summed E-state index contributed by atoms with van der Waals surface area (Å²) in [6, 6.07) is 19.0. The minimum Gasteiger partial charge on any atom is -0.423 e. The van der Waals surface area contributed by atoms with Gasteiger partial charge >= 0.3 is 0 Å². The van der Waals surface area contributed by atoms with Crippen LogP contribution in [0.5, 0.6) is 0 Å². The highest BCUT2D eigenvalue weighted by molar-refractivity contribution is 7.92. The fraction of sp³-hybridized carbons (Fsp3) is 0. The van der Waals surface area contributed by atoms with E-state index in [9.17, 15) is 13.2 Å². The molecular weight excluding hydrogens is 440 g/mol. The molecular formula is C21H15ClN4O4S. The minimum atomic E-state index is -3.85. The highest BCUT2D eigenvalue weighted by atomic mass is 35.5. The van der Waals surface area contributed by atoms with E-state index in [1.807, 2.05) is 0 Å². The summed E-state index contributed by atoms with van der Waals surface area (Å²) < 4.78 is 32.7. The molecule has 0 aliphatic heterocycles. The van der Waals surface area contributed by atoms with E-state index in [-0.39, 0.29) is 21.5 Å². The molecule has 0 bridgehead atoms. The second-order valence-electron chi connectivity index (χ2n) is 6.39. The number of amides is 1. The number of carbonyl (C=O) groups excluding carboxylic acids is 1. The lowest BCUT2D eigenvalue weighted by Crippen LogP contribution is -2.15. The zero-order chi connectivity index (χ0) is 21.8. The number of aromatic nitrogens is 2. The number of hydrogen-bond donors (Lipinski definition) is 2. The van der Waals surface area contributed by atoms with Crippen molar-refractivity contribution >= 4 is 38.9 Å². The average Bonchev–Trinajstić information content (AvgIpc) is 3.31. The van der Waals surface area contributed by atoms with Crippen molar-refractivity contribution < 1.29 is 17.6 Å². The third-order valence-corrected chi connectivity index (χ3v) is 6.01. The molecule has 0 radical (unpaired) electrons. The van der Waals surface area contributed by atoms with E-state index in [0.717, 1.165) is 5.56 Å². The molecule has 0 spiro atoms. The Morgan fingerprint density at radius 3 is 2.29 bits per heavy atom. The number of sulfonamides is 1. The molecule has 0 unspecified atom stereocenters. The summed E-state index contributed by atoms with van der Waals surface area (Å²) in [5.41, 5.74) is 1.86. The third-order valence-electron chi connectivity index (χ3n) is 4.29. The van der Waals surface area contributed by atoms with Gasteiger partial charge in [0, 0.05) is 16.8 Å². The van der Waals surface area contributed by atoms with Crippen LogP contribution in [0.15, 0.2) is 88.5 Å². The molecule has 156 valence electrons. The highest BCUT2D eigenvalue weighted by Crippen LogP contribution is 2.24. The normalized spacial score (nSPS) is 11.1. The second-order valence-corrected chi connectivity index (χ2v) is 8.47. The van der Waals surface area contributed by atoms with Crippen molar-refractivity contribution in [1.82, 2.24) is 10.2 Å². The Hall–Kier alpha value is -3.69. The van der Waals surface area contributed by atoms with Crippen LogP contribution in [0, 0.1) is 0 Å². The monoisotopic (exact) mass is 454 g/mol. The van der Waals surface area contributed by atoms with Crippen molar-refractivity contribution in [2.45, 2.75) is 4.90 Å². The van der Waals surface area contributed by atoms with Crippen molar-refractivity contribution in [2.75, 3.05) is 10.0 Å². The maximum Gasteiger partial charge on any atom is 0.261 e. The first-order chi connectivity index (χ1) is 14.9. The van der Waals surface area contributed by atoms with Gasteiger partial charge in [0.15, 0.2) is 0 Å². The van der Waals surface area contributed by atoms with E-state index in [0.29, 0.717) is 17.1 Å². The molecule has 31 heavy (non-hydrogen) atoms. The fourth-order valence-electron chi connectivity index (χ4n) is 2.73. The number of benzene rings is 3. The zero-order valence-corrected chi connectivity index (χ0v) is 17.4. The lowest BCUT2D eigenvalue weighted by Gasteiger charge is -2.10. The summed E-state index contributed by atoms with van der Waals surface area (Å²) in [6.45, 7) is 0. The van der Waals surface area contributed by atoms with Gasteiger partial charge in [0.2, 0.25) is 12.3 Å². The number of nitrogens with one attached hydrogen (secondary N) is 2. The van der Waals surface area contributed by atoms with E-state index in [2.05, 4.69) is 20.2 Å². The third kappa shape index (κ3) is 4.73. The Kier molecular flexibility index (Phi) is 5.70. The Morgan fingerprint density at radius 1 is 0.935 bits per heavy atom. The van der Waals surface area contributed by atoms with E-state index in [4.69, 9.17) is 16.0 Å². The minimum absolute atomic E-state index is 0.00730. The van der Waals surface area contributed by atoms with Gasteiger partial charge in [-0.3, -0.25) is 9.52 Å². The Morgan fingerprint density at radius 2 is 1.65 bits per heavy atom. The van der Waals surface area contributed by atoms with Crippen molar-refractivity contribution in [3.63, 3.8) is 0 Å². The predicted octanol–water partition coefficient (Wildman–Crippen LogP) is 4.44. The molecule has 1 aromatic heterocycles. The van der Waals surface area contributed by atoms with Crippen LogP contribution in [0.1, 0.15) is 10.4 Å². The summed E-state index contributed by atoms with van der Waals surface area (Å²) in [4.78, 5) is 12.5. The SMILES string of the molecule is O=C(Nc1ccc(-c2nnco2)cc1)c1ccc(S(=O)(=O)Nc2ccccc2Cl)cc1. The molecule has 1 heterocycles. The molecule has 2 N–H and O–H groups in total. The first-order valence-corrected chi connectivity index (χ1v) is 10.8. The van der Waals surface area contributed by atoms with Gasteiger partial charge in [0.25, 0.3) is 15.9 Å². The van der Waals surface area contributed by atoms with Crippen LogP contribution in [0.25, 0.3) is 11.5 Å². The first kappa shape index (κ1) is 20.6. The Balaban J connectivity index is 1.45. The van der Waals surface area contributed by atoms with E-state index < -0.39 is 10.0 Å². The quantitative estimate of drug-likeness (QED) is 0.445. The van der Waals surface area contributed by atoms with Crippen LogP contribution in [-0.4, -0.2) is 24.5 Å². The molecule has 0 atom stereocenters. The Bertz CT molecular complexity index is 1310. The van der Waals surface area contributed by atoms with Gasteiger partial charge in [-0.05, 0) is 60.7 Å². The van der Waals surface area contributed by atoms with Crippen LogP contribution in [0.3, 0.4) is 0 Å². The van der Waals surface area contributed by atoms with Gasteiger partial charge in [0.1, 0.15) is 0 Å². The van der Waals surface area contributed by atoms with Gasteiger partial charge in [-0.1, -0.05) is 23.7 Å². The van der Waals surface area contributed by atoms with Crippen LogP contribution < -0.4 is 10.0 Å². The summed E-state index contributed by atoms with van der Waals surface area (Å²) in [7, 11) is -3.85. The lowest BCUT2D eigenvalue weighted by atomic mass is 10.2. The van der Waals surface area contributed by atoms with Gasteiger partial charge in [-0.25, -0.2) is 8.42 Å². The van der Waals surface area contributed by atoms with Crippen molar-refractivity contribution in [3.05, 3.63) is 89.8 Å². The van der Waals surface area contributed by atoms with Gasteiger partial charge in [-0.2, -0.15) is 0 Å². The van der Waals surface area contributed by atoms with Gasteiger partial charge < -0.3 is 9.73 Å². The standard InChI is InChI=1S/C21H15ClN4O4S/c22-18-3-1-2-4-19(18)26-31(28,29)17-11-7-14(8-12-17)20(27)24-16-9-5-15(6-10-16)21-25-23-13-30-21/h1-13,26H,(H,24,27). The smallest absolute Gasteiger partial charge is 0.261 e. The predicted molar refractivity (Wildman–Crippen MR) is 116 cm³/mol. The van der Waals surface area contributed by atoms with Crippen molar-refractivity contribution in [2.24, 2.45) is 0 Å². The molecule has 0 fully saturated rings. The van der Waals surface area contributed by atoms with E-state index >= 15 is 0 Å². The molecule has 0 saturated heterocycles. The van der Waals surface area contributed by atoms with Crippen LogP contribution in [0.2, 0.25) is 5.02 Å². The number of halogens is 1. The molecule has 4 rings (SSSR count). The zero-order valence-electron chi connectivity index (χ0n) is 15.8. The number of carbonyl (C=O) groups is 1. The Labute approximate surface area is 182 Å². The number of hydrogen-bond acceptors (Lipinski definition) is 6. The topological polar surface area (TPSA) is 114 Å². The molecule has 4 aromatic rings. The molecule has 8 nitrogen and oxygen atoms in total. The average molecular weight is 455 g/mol. The maximum atomic E-state index is 12.6. The second kappa shape index (κ2) is 8.58. The van der Waals surface area contributed by atoms with Crippen molar-refractivity contribution in [1.29, 1.82) is 0 Å². The van der Waals surface area contributed by atoms with Crippen molar-refractivity contribution in [3.8, 4) is 11.5 Å². The van der Waals surface area contributed by atoms with Crippen LogP contribution in [0.4, 0.5) is 11.4 Å². The van der Waals surface area contributed by atoms with Gasteiger partial charge in [0.05, 0.1) is 15.6 Å². The lowest BCUT2D eigenvalue weighted by molar-refractivity contribution is 0.102. The maximum absolute atomic E-state index is 12.6. The summed E-state index contributed by atoms with van der Waals surface area (Å²) in [5.74, 6) is -0.00590. The fourth-order valence-corrected chi connectivity index (χ4v) is 4.05. The molecule has 3 aromatic carbocycles. The highest BCUT2D eigenvalue weighted by Gasteiger charge is 2.16. The molecule has 1 amide bonds. The number of rotatable bonds is 6. The summed E-state index contributed by atoms with van der Waals surface area (Å²) in [5, 5.41) is 10.5. The van der Waals surface area contributed by atoms with Gasteiger partial charge in [-0.15, -0.1) is 10.2 Å². The first-order valence-electron chi connectivity index (χ1n) is 8.98. The molecule has 0 aliphatic carbocycles. The molecule has 0 aliphatic rings. The van der Waals surface area contributed by atoms with E-state index in [1.165, 1.54) is 30.7 Å². The summed E-state index contributed by atoms with van der Waals surface area (Å²) >= 11 is 6.01. The largest absolute Gasteiger partial charge is 0.423 e. The summed E-state index contributed by atoms with van der Waals surface area (Å²) in [6.07, 6.45) is 1.23.